The summed E-state index contributed by atoms with van der Waals surface area (Å²) in [7, 11) is 0. The maximum atomic E-state index is 12.7. The number of nitrogens with zero attached hydrogens (tertiary/aromatic N) is 2. The van der Waals surface area contributed by atoms with Gasteiger partial charge < -0.3 is 0 Å². The molecule has 1 aromatic heterocycles. The predicted octanol–water partition coefficient (Wildman–Crippen LogP) is 2.16. The van der Waals surface area contributed by atoms with Gasteiger partial charge in [0.1, 0.15) is 5.82 Å². The summed E-state index contributed by atoms with van der Waals surface area (Å²) in [6.07, 6.45) is 2.54. The van der Waals surface area contributed by atoms with E-state index in [4.69, 9.17) is 0 Å². The second-order valence-electron chi connectivity index (χ2n) is 3.71. The Morgan fingerprint density at radius 3 is 3.07 bits per heavy atom. The number of hydrogen-bond acceptors (Lipinski definition) is 3. The smallest absolute Gasteiger partial charge is 0.141 e. The lowest BCUT2D eigenvalue weighted by molar-refractivity contribution is 0.284. The van der Waals surface area contributed by atoms with Crippen molar-refractivity contribution in [2.24, 2.45) is 0 Å². The van der Waals surface area contributed by atoms with E-state index in [2.05, 4.69) is 9.88 Å². The van der Waals surface area contributed by atoms with Crippen LogP contribution < -0.4 is 0 Å². The van der Waals surface area contributed by atoms with E-state index in [0.29, 0.717) is 0 Å². The number of rotatable bonds is 2. The van der Waals surface area contributed by atoms with Crippen molar-refractivity contribution in [2.45, 2.75) is 13.0 Å². The molecular formula is C11H15FN2S. The lowest BCUT2D eigenvalue weighted by Crippen LogP contribution is -2.25. The molecule has 0 unspecified atom stereocenters. The van der Waals surface area contributed by atoms with Crippen LogP contribution in [0.4, 0.5) is 4.39 Å². The van der Waals surface area contributed by atoms with Gasteiger partial charge in [0.25, 0.3) is 0 Å². The molecule has 2 rings (SSSR count). The first-order valence-corrected chi connectivity index (χ1v) is 6.40. The zero-order valence-electron chi connectivity index (χ0n) is 8.66. The standard InChI is InChI=1S/C11H15FN2S/c12-10-2-3-11(13-8-10)9-14-4-1-6-15-7-5-14/h2-3,8H,1,4-7,9H2. The van der Waals surface area contributed by atoms with Crippen molar-refractivity contribution in [3.05, 3.63) is 29.8 Å². The minimum atomic E-state index is -0.259. The highest BCUT2D eigenvalue weighted by Crippen LogP contribution is 2.12. The van der Waals surface area contributed by atoms with Crippen LogP contribution in [0.2, 0.25) is 0 Å². The normalized spacial score (nSPS) is 18.7. The predicted molar refractivity (Wildman–Crippen MR) is 61.4 cm³/mol. The highest BCUT2D eigenvalue weighted by atomic mass is 32.2. The fraction of sp³-hybridized carbons (Fsp3) is 0.545. The molecule has 1 fully saturated rings. The molecular weight excluding hydrogens is 211 g/mol. The van der Waals surface area contributed by atoms with Gasteiger partial charge in [0.05, 0.1) is 11.9 Å². The topological polar surface area (TPSA) is 16.1 Å². The van der Waals surface area contributed by atoms with Crippen LogP contribution in [0.3, 0.4) is 0 Å². The van der Waals surface area contributed by atoms with Crippen molar-refractivity contribution >= 4 is 11.8 Å². The largest absolute Gasteiger partial charge is 0.297 e. The summed E-state index contributed by atoms with van der Waals surface area (Å²) >= 11 is 2.01. The number of hydrogen-bond donors (Lipinski definition) is 0. The number of pyridine rings is 1. The van der Waals surface area contributed by atoms with Gasteiger partial charge in [-0.25, -0.2) is 4.39 Å². The third-order valence-electron chi connectivity index (χ3n) is 2.49. The number of thioether (sulfide) groups is 1. The Kier molecular flexibility index (Phi) is 3.97. The summed E-state index contributed by atoms with van der Waals surface area (Å²) in [6.45, 7) is 3.09. The average molecular weight is 226 g/mol. The van der Waals surface area contributed by atoms with Crippen LogP contribution in [-0.2, 0) is 6.54 Å². The van der Waals surface area contributed by atoms with E-state index in [0.717, 1.165) is 25.3 Å². The van der Waals surface area contributed by atoms with E-state index >= 15 is 0 Å². The maximum absolute atomic E-state index is 12.7. The van der Waals surface area contributed by atoms with Crippen LogP contribution in [0.15, 0.2) is 18.3 Å². The summed E-state index contributed by atoms with van der Waals surface area (Å²) in [6, 6.07) is 3.25. The SMILES string of the molecule is Fc1ccc(CN2CCCSCC2)nc1. The number of halogens is 1. The Hall–Kier alpha value is -0.610. The Morgan fingerprint density at radius 2 is 2.27 bits per heavy atom. The first kappa shape index (κ1) is 10.9. The summed E-state index contributed by atoms with van der Waals surface area (Å²) in [5, 5.41) is 0. The molecule has 0 amide bonds. The van der Waals surface area contributed by atoms with Crippen LogP contribution in [0.5, 0.6) is 0 Å². The van der Waals surface area contributed by atoms with Crippen molar-refractivity contribution in [3.8, 4) is 0 Å². The molecule has 82 valence electrons. The first-order chi connectivity index (χ1) is 7.34. The Morgan fingerprint density at radius 1 is 1.33 bits per heavy atom. The second-order valence-corrected chi connectivity index (χ2v) is 4.93. The van der Waals surface area contributed by atoms with Gasteiger partial charge in [-0.3, -0.25) is 9.88 Å². The van der Waals surface area contributed by atoms with Crippen LogP contribution in [0.1, 0.15) is 12.1 Å². The van der Waals surface area contributed by atoms with E-state index in [1.165, 1.54) is 30.2 Å². The molecule has 1 saturated heterocycles. The molecule has 2 nitrogen and oxygen atoms in total. The van der Waals surface area contributed by atoms with Crippen molar-refractivity contribution in [1.29, 1.82) is 0 Å². The van der Waals surface area contributed by atoms with E-state index in [1.54, 1.807) is 6.07 Å². The van der Waals surface area contributed by atoms with Gasteiger partial charge in [0.2, 0.25) is 0 Å². The summed E-state index contributed by atoms with van der Waals surface area (Å²) < 4.78 is 12.7. The monoisotopic (exact) mass is 226 g/mol. The van der Waals surface area contributed by atoms with E-state index in [1.807, 2.05) is 11.8 Å². The molecule has 0 aliphatic carbocycles. The van der Waals surface area contributed by atoms with Crippen molar-refractivity contribution in [3.63, 3.8) is 0 Å². The van der Waals surface area contributed by atoms with Crippen LogP contribution in [-0.4, -0.2) is 34.5 Å². The lowest BCUT2D eigenvalue weighted by Gasteiger charge is -2.18. The van der Waals surface area contributed by atoms with Crippen molar-refractivity contribution in [1.82, 2.24) is 9.88 Å². The molecule has 1 aliphatic rings. The van der Waals surface area contributed by atoms with E-state index < -0.39 is 0 Å². The van der Waals surface area contributed by atoms with Gasteiger partial charge in [0.15, 0.2) is 0 Å². The zero-order chi connectivity index (χ0) is 10.5. The minimum Gasteiger partial charge on any atom is -0.297 e. The van der Waals surface area contributed by atoms with Gasteiger partial charge in [-0.1, -0.05) is 0 Å². The van der Waals surface area contributed by atoms with E-state index in [9.17, 15) is 4.39 Å². The molecule has 0 N–H and O–H groups in total. The third-order valence-corrected chi connectivity index (χ3v) is 3.54. The quantitative estimate of drug-likeness (QED) is 0.769. The molecule has 0 bridgehead atoms. The fourth-order valence-electron chi connectivity index (χ4n) is 1.68. The first-order valence-electron chi connectivity index (χ1n) is 5.25. The summed E-state index contributed by atoms with van der Waals surface area (Å²) in [5.74, 6) is 2.19. The molecule has 0 spiro atoms. The Balaban J connectivity index is 1.92. The molecule has 0 atom stereocenters. The third kappa shape index (κ3) is 3.47. The molecule has 0 radical (unpaired) electrons. The van der Waals surface area contributed by atoms with Gasteiger partial charge >= 0.3 is 0 Å². The number of aromatic nitrogens is 1. The van der Waals surface area contributed by atoms with Gasteiger partial charge in [0, 0.05) is 18.8 Å². The molecule has 4 heteroatoms. The molecule has 2 heterocycles. The molecule has 15 heavy (non-hydrogen) atoms. The van der Waals surface area contributed by atoms with Gasteiger partial charge in [-0.15, -0.1) is 0 Å². The Bertz CT molecular complexity index is 294. The molecule has 1 aromatic rings. The van der Waals surface area contributed by atoms with Crippen LogP contribution in [0.25, 0.3) is 0 Å². The summed E-state index contributed by atoms with van der Waals surface area (Å²) in [4.78, 5) is 6.47. The molecule has 0 saturated carbocycles. The zero-order valence-corrected chi connectivity index (χ0v) is 9.47. The summed E-state index contributed by atoms with van der Waals surface area (Å²) in [5.41, 5.74) is 0.961. The molecule has 1 aliphatic heterocycles. The minimum absolute atomic E-state index is 0.259. The average Bonchev–Trinajstić information content (AvgIpc) is 2.50. The van der Waals surface area contributed by atoms with Crippen LogP contribution in [0, 0.1) is 5.82 Å². The van der Waals surface area contributed by atoms with Gasteiger partial charge in [-0.2, -0.15) is 11.8 Å². The van der Waals surface area contributed by atoms with Crippen molar-refractivity contribution in [2.75, 3.05) is 24.6 Å². The highest BCUT2D eigenvalue weighted by Gasteiger charge is 2.09. The highest BCUT2D eigenvalue weighted by molar-refractivity contribution is 7.99. The fourth-order valence-corrected chi connectivity index (χ4v) is 2.61. The van der Waals surface area contributed by atoms with E-state index in [-0.39, 0.29) is 5.82 Å². The lowest BCUT2D eigenvalue weighted by atomic mass is 10.3. The maximum Gasteiger partial charge on any atom is 0.141 e. The van der Waals surface area contributed by atoms with Crippen molar-refractivity contribution < 1.29 is 4.39 Å². The Labute approximate surface area is 93.9 Å². The van der Waals surface area contributed by atoms with Crippen LogP contribution >= 0.6 is 11.8 Å². The second kappa shape index (κ2) is 5.47. The molecule has 0 aromatic carbocycles. The van der Waals surface area contributed by atoms with Gasteiger partial charge in [-0.05, 0) is 30.9 Å².